The predicted molar refractivity (Wildman–Crippen MR) is 86.5 cm³/mol. The molecule has 0 aliphatic carbocycles. The second kappa shape index (κ2) is 7.76. The predicted octanol–water partition coefficient (Wildman–Crippen LogP) is 0.644. The van der Waals surface area contributed by atoms with Crippen molar-refractivity contribution in [1.29, 1.82) is 0 Å². The summed E-state index contributed by atoms with van der Waals surface area (Å²) in [6.45, 7) is 6.13. The van der Waals surface area contributed by atoms with E-state index in [0.29, 0.717) is 32.7 Å². The van der Waals surface area contributed by atoms with Crippen molar-refractivity contribution in [3.63, 3.8) is 0 Å². The molecule has 0 unspecified atom stereocenters. The summed E-state index contributed by atoms with van der Waals surface area (Å²) >= 11 is 0. The van der Waals surface area contributed by atoms with Crippen molar-refractivity contribution in [2.45, 2.75) is 20.4 Å². The Bertz CT molecular complexity index is 563. The fourth-order valence-corrected chi connectivity index (χ4v) is 2.53. The first-order valence-electron chi connectivity index (χ1n) is 7.78. The third-order valence-corrected chi connectivity index (χ3v) is 4.08. The Morgan fingerprint density at radius 3 is 2.26 bits per heavy atom. The smallest absolute Gasteiger partial charge is 0.242 e. The zero-order chi connectivity index (χ0) is 16.8. The molecule has 6 heteroatoms. The molecule has 3 amide bonds. The van der Waals surface area contributed by atoms with E-state index >= 15 is 0 Å². The van der Waals surface area contributed by atoms with Crippen molar-refractivity contribution in [2.24, 2.45) is 0 Å². The normalized spacial score (nSPS) is 14.5. The van der Waals surface area contributed by atoms with Crippen molar-refractivity contribution < 1.29 is 14.4 Å². The number of nitrogens with zero attached hydrogens (tertiary/aromatic N) is 3. The average Bonchev–Trinajstić information content (AvgIpc) is 2.56. The molecular weight excluding hydrogens is 294 g/mol. The van der Waals surface area contributed by atoms with Crippen molar-refractivity contribution in [1.82, 2.24) is 14.7 Å². The highest BCUT2D eigenvalue weighted by molar-refractivity contribution is 5.84. The van der Waals surface area contributed by atoms with Crippen LogP contribution in [0.15, 0.2) is 24.3 Å². The molecule has 1 heterocycles. The van der Waals surface area contributed by atoms with Gasteiger partial charge in [-0.1, -0.05) is 29.8 Å². The minimum Gasteiger partial charge on any atom is -0.342 e. The van der Waals surface area contributed by atoms with Crippen LogP contribution in [0.4, 0.5) is 0 Å². The van der Waals surface area contributed by atoms with Crippen LogP contribution in [-0.4, -0.2) is 65.6 Å². The number of rotatable bonds is 5. The number of benzene rings is 1. The molecule has 124 valence electrons. The van der Waals surface area contributed by atoms with Crippen LogP contribution in [0.5, 0.6) is 0 Å². The SMILES string of the molecule is CC(=O)N(CC(=O)N1CCN(C=O)CC1)Cc1ccc(C)cc1. The molecule has 1 aromatic carbocycles. The standard InChI is InChI=1S/C17H23N3O3/c1-14-3-5-16(6-4-14)11-20(15(2)22)12-17(23)19-9-7-18(13-21)8-10-19/h3-6,13H,7-12H2,1-2H3. The molecule has 6 nitrogen and oxygen atoms in total. The Morgan fingerprint density at radius 2 is 1.74 bits per heavy atom. The molecule has 0 atom stereocenters. The Labute approximate surface area is 136 Å². The van der Waals surface area contributed by atoms with Crippen molar-refractivity contribution in [3.8, 4) is 0 Å². The van der Waals surface area contributed by atoms with Gasteiger partial charge in [-0.2, -0.15) is 0 Å². The van der Waals surface area contributed by atoms with Crippen LogP contribution in [0.2, 0.25) is 0 Å². The van der Waals surface area contributed by atoms with Crippen LogP contribution < -0.4 is 0 Å². The van der Waals surface area contributed by atoms with E-state index in [1.807, 2.05) is 31.2 Å². The largest absolute Gasteiger partial charge is 0.342 e. The van der Waals surface area contributed by atoms with Crippen LogP contribution in [0.3, 0.4) is 0 Å². The summed E-state index contributed by atoms with van der Waals surface area (Å²) in [5, 5.41) is 0. The molecule has 2 rings (SSSR count). The van der Waals surface area contributed by atoms with Crippen molar-refractivity contribution >= 4 is 18.2 Å². The summed E-state index contributed by atoms with van der Waals surface area (Å²) in [4.78, 5) is 39.8. The molecule has 1 aromatic rings. The van der Waals surface area contributed by atoms with Gasteiger partial charge in [0.25, 0.3) is 0 Å². The Hall–Kier alpha value is -2.37. The van der Waals surface area contributed by atoms with E-state index in [0.717, 1.165) is 17.5 Å². The van der Waals surface area contributed by atoms with Gasteiger partial charge in [0.2, 0.25) is 18.2 Å². The van der Waals surface area contributed by atoms with Crippen LogP contribution in [0.25, 0.3) is 0 Å². The average molecular weight is 317 g/mol. The van der Waals surface area contributed by atoms with Crippen molar-refractivity contribution in [2.75, 3.05) is 32.7 Å². The van der Waals surface area contributed by atoms with E-state index < -0.39 is 0 Å². The second-order valence-electron chi connectivity index (χ2n) is 5.88. The van der Waals surface area contributed by atoms with Gasteiger partial charge < -0.3 is 14.7 Å². The van der Waals surface area contributed by atoms with E-state index in [1.165, 1.54) is 6.92 Å². The van der Waals surface area contributed by atoms with Gasteiger partial charge in [-0.3, -0.25) is 14.4 Å². The maximum absolute atomic E-state index is 12.4. The number of amides is 3. The minimum atomic E-state index is -0.120. The van der Waals surface area contributed by atoms with Gasteiger partial charge in [-0.25, -0.2) is 0 Å². The number of piperazine rings is 1. The maximum atomic E-state index is 12.4. The number of hydrogen-bond acceptors (Lipinski definition) is 3. The van der Waals surface area contributed by atoms with E-state index in [-0.39, 0.29) is 18.4 Å². The Balaban J connectivity index is 1.93. The summed E-state index contributed by atoms with van der Waals surface area (Å²) in [5.74, 6) is -0.191. The van der Waals surface area contributed by atoms with Gasteiger partial charge >= 0.3 is 0 Å². The number of carbonyl (C=O) groups excluding carboxylic acids is 3. The summed E-state index contributed by atoms with van der Waals surface area (Å²) in [7, 11) is 0. The summed E-state index contributed by atoms with van der Waals surface area (Å²) in [6.07, 6.45) is 0.807. The highest BCUT2D eigenvalue weighted by Gasteiger charge is 2.23. The zero-order valence-electron chi connectivity index (χ0n) is 13.7. The van der Waals surface area contributed by atoms with E-state index in [9.17, 15) is 14.4 Å². The number of hydrogen-bond donors (Lipinski definition) is 0. The molecular formula is C17H23N3O3. The quantitative estimate of drug-likeness (QED) is 0.749. The first-order chi connectivity index (χ1) is 11.0. The Kier molecular flexibility index (Phi) is 5.73. The molecule has 0 radical (unpaired) electrons. The van der Waals surface area contributed by atoms with Crippen LogP contribution >= 0.6 is 0 Å². The lowest BCUT2D eigenvalue weighted by Gasteiger charge is -2.34. The summed E-state index contributed by atoms with van der Waals surface area (Å²) in [6, 6.07) is 7.93. The lowest BCUT2D eigenvalue weighted by molar-refractivity contribution is -0.141. The van der Waals surface area contributed by atoms with Gasteiger partial charge in [0.05, 0.1) is 0 Å². The first kappa shape index (κ1) is 17.0. The van der Waals surface area contributed by atoms with Crippen LogP contribution in [0, 0.1) is 6.92 Å². The maximum Gasteiger partial charge on any atom is 0.242 e. The highest BCUT2D eigenvalue weighted by Crippen LogP contribution is 2.09. The molecule has 1 saturated heterocycles. The third-order valence-electron chi connectivity index (χ3n) is 4.08. The highest BCUT2D eigenvalue weighted by atomic mass is 16.2. The number of carbonyl (C=O) groups is 3. The molecule has 0 N–H and O–H groups in total. The van der Waals surface area contributed by atoms with Gasteiger partial charge in [0.1, 0.15) is 6.54 Å². The van der Waals surface area contributed by atoms with Crippen molar-refractivity contribution in [3.05, 3.63) is 35.4 Å². The van der Waals surface area contributed by atoms with Gasteiger partial charge in [-0.15, -0.1) is 0 Å². The zero-order valence-corrected chi connectivity index (χ0v) is 13.7. The lowest BCUT2D eigenvalue weighted by atomic mass is 10.1. The molecule has 1 fully saturated rings. The molecule has 0 saturated carbocycles. The molecule has 0 spiro atoms. The molecule has 1 aliphatic heterocycles. The fraction of sp³-hybridized carbons (Fsp3) is 0.471. The third kappa shape index (κ3) is 4.81. The molecule has 0 aromatic heterocycles. The second-order valence-corrected chi connectivity index (χ2v) is 5.88. The van der Waals surface area contributed by atoms with Crippen LogP contribution in [0.1, 0.15) is 18.1 Å². The molecule has 23 heavy (non-hydrogen) atoms. The van der Waals surface area contributed by atoms with Crippen LogP contribution in [-0.2, 0) is 20.9 Å². The van der Waals surface area contributed by atoms with Gasteiger partial charge in [-0.05, 0) is 12.5 Å². The van der Waals surface area contributed by atoms with Gasteiger partial charge in [0, 0.05) is 39.6 Å². The molecule has 0 bridgehead atoms. The molecule has 1 aliphatic rings. The Morgan fingerprint density at radius 1 is 1.13 bits per heavy atom. The monoisotopic (exact) mass is 317 g/mol. The van der Waals surface area contributed by atoms with E-state index in [2.05, 4.69) is 0 Å². The topological polar surface area (TPSA) is 60.9 Å². The van der Waals surface area contributed by atoms with E-state index in [4.69, 9.17) is 0 Å². The summed E-state index contributed by atoms with van der Waals surface area (Å²) < 4.78 is 0. The summed E-state index contributed by atoms with van der Waals surface area (Å²) in [5.41, 5.74) is 2.16. The van der Waals surface area contributed by atoms with E-state index in [1.54, 1.807) is 14.7 Å². The number of aryl methyl sites for hydroxylation is 1. The fourth-order valence-electron chi connectivity index (χ4n) is 2.53. The lowest BCUT2D eigenvalue weighted by Crippen LogP contribution is -2.51. The van der Waals surface area contributed by atoms with Gasteiger partial charge in [0.15, 0.2) is 0 Å². The minimum absolute atomic E-state index is 0.0714. The first-order valence-corrected chi connectivity index (χ1v) is 7.78.